The Morgan fingerprint density at radius 2 is 1.80 bits per heavy atom. The second kappa shape index (κ2) is 5.41. The van der Waals surface area contributed by atoms with Crippen LogP contribution in [0.15, 0.2) is 53.1 Å². The van der Waals surface area contributed by atoms with Crippen molar-refractivity contribution in [2.75, 3.05) is 0 Å². The van der Waals surface area contributed by atoms with E-state index in [2.05, 4.69) is 22.9 Å². The van der Waals surface area contributed by atoms with E-state index >= 15 is 0 Å². The van der Waals surface area contributed by atoms with E-state index in [1.807, 2.05) is 36.4 Å². The van der Waals surface area contributed by atoms with Crippen molar-refractivity contribution in [2.24, 2.45) is 0 Å². The number of aryl methyl sites for hydroxylation is 1. The molecule has 0 aliphatic carbocycles. The minimum Gasteiger partial charge on any atom is -0.469 e. The SMILES string of the molecule is CCc1occc1C(Br)c1ccc(F)c2ccccc12. The van der Waals surface area contributed by atoms with Crippen molar-refractivity contribution in [1.82, 2.24) is 0 Å². The quantitative estimate of drug-likeness (QED) is 0.567. The number of halogens is 2. The monoisotopic (exact) mass is 332 g/mol. The van der Waals surface area contributed by atoms with Gasteiger partial charge in [-0.3, -0.25) is 0 Å². The van der Waals surface area contributed by atoms with Crippen molar-refractivity contribution in [2.45, 2.75) is 18.2 Å². The van der Waals surface area contributed by atoms with Crippen LogP contribution in [0.2, 0.25) is 0 Å². The molecule has 102 valence electrons. The molecule has 0 saturated carbocycles. The Morgan fingerprint density at radius 1 is 1.05 bits per heavy atom. The molecule has 1 nitrogen and oxygen atoms in total. The predicted octanol–water partition coefficient (Wildman–Crippen LogP) is 5.62. The van der Waals surface area contributed by atoms with Gasteiger partial charge < -0.3 is 4.42 Å². The fourth-order valence-electron chi connectivity index (χ4n) is 2.54. The predicted molar refractivity (Wildman–Crippen MR) is 82.8 cm³/mol. The standard InChI is InChI=1S/C17H14BrFO/c1-2-16-14(9-10-20-16)17(18)13-7-8-15(19)12-6-4-3-5-11(12)13/h3-10,17H,2H2,1H3. The van der Waals surface area contributed by atoms with Gasteiger partial charge in [-0.05, 0) is 23.1 Å². The van der Waals surface area contributed by atoms with Crippen LogP contribution in [0.1, 0.15) is 28.6 Å². The number of rotatable bonds is 3. The van der Waals surface area contributed by atoms with Crippen LogP contribution in [0.25, 0.3) is 10.8 Å². The van der Waals surface area contributed by atoms with Crippen molar-refractivity contribution in [3.05, 3.63) is 71.4 Å². The summed E-state index contributed by atoms with van der Waals surface area (Å²) in [5.74, 6) is 0.771. The average molecular weight is 333 g/mol. The zero-order valence-electron chi connectivity index (χ0n) is 11.1. The maximum Gasteiger partial charge on any atom is 0.131 e. The van der Waals surface area contributed by atoms with Gasteiger partial charge in [-0.25, -0.2) is 4.39 Å². The Morgan fingerprint density at radius 3 is 2.55 bits per heavy atom. The van der Waals surface area contributed by atoms with Crippen LogP contribution in [0.5, 0.6) is 0 Å². The van der Waals surface area contributed by atoms with Crippen molar-refractivity contribution in [3.63, 3.8) is 0 Å². The molecular formula is C17H14BrFO. The molecule has 20 heavy (non-hydrogen) atoms. The topological polar surface area (TPSA) is 13.1 Å². The number of furan rings is 1. The lowest BCUT2D eigenvalue weighted by Crippen LogP contribution is -1.97. The highest BCUT2D eigenvalue weighted by Gasteiger charge is 2.19. The van der Waals surface area contributed by atoms with Gasteiger partial charge in [-0.1, -0.05) is 53.2 Å². The summed E-state index contributed by atoms with van der Waals surface area (Å²) in [7, 11) is 0. The summed E-state index contributed by atoms with van der Waals surface area (Å²) in [6.07, 6.45) is 2.54. The molecule has 0 aliphatic heterocycles. The molecule has 0 spiro atoms. The normalized spacial score (nSPS) is 12.8. The zero-order chi connectivity index (χ0) is 14.1. The molecule has 0 fully saturated rings. The first-order chi connectivity index (χ1) is 9.72. The minimum atomic E-state index is -0.188. The number of benzene rings is 2. The summed E-state index contributed by atoms with van der Waals surface area (Å²) in [4.78, 5) is 0.00157. The van der Waals surface area contributed by atoms with Crippen LogP contribution in [0.4, 0.5) is 4.39 Å². The molecule has 1 unspecified atom stereocenters. The summed E-state index contributed by atoms with van der Waals surface area (Å²) in [6, 6.07) is 12.9. The molecule has 0 N–H and O–H groups in total. The molecule has 1 aromatic heterocycles. The van der Waals surface area contributed by atoms with Gasteiger partial charge in [-0.2, -0.15) is 0 Å². The lowest BCUT2D eigenvalue weighted by molar-refractivity contribution is 0.512. The largest absolute Gasteiger partial charge is 0.469 e. The highest BCUT2D eigenvalue weighted by molar-refractivity contribution is 9.09. The Kier molecular flexibility index (Phi) is 3.62. The van der Waals surface area contributed by atoms with E-state index in [1.54, 1.807) is 6.26 Å². The lowest BCUT2D eigenvalue weighted by atomic mass is 9.98. The Labute approximate surface area is 125 Å². The maximum absolute atomic E-state index is 13.9. The molecule has 1 heterocycles. The first kappa shape index (κ1) is 13.4. The first-order valence-electron chi connectivity index (χ1n) is 6.60. The van der Waals surface area contributed by atoms with E-state index in [0.29, 0.717) is 5.39 Å². The fourth-order valence-corrected chi connectivity index (χ4v) is 3.35. The van der Waals surface area contributed by atoms with E-state index in [9.17, 15) is 4.39 Å². The molecule has 3 rings (SSSR count). The van der Waals surface area contributed by atoms with Crippen LogP contribution in [0, 0.1) is 5.82 Å². The van der Waals surface area contributed by atoms with Crippen molar-refractivity contribution in [3.8, 4) is 0 Å². The summed E-state index contributed by atoms with van der Waals surface area (Å²) in [6.45, 7) is 2.06. The van der Waals surface area contributed by atoms with Gasteiger partial charge in [0.2, 0.25) is 0 Å². The van der Waals surface area contributed by atoms with Crippen LogP contribution >= 0.6 is 15.9 Å². The molecule has 3 heteroatoms. The highest BCUT2D eigenvalue weighted by Crippen LogP contribution is 2.38. The number of hydrogen-bond donors (Lipinski definition) is 0. The molecule has 3 aromatic rings. The van der Waals surface area contributed by atoms with Gasteiger partial charge in [0.1, 0.15) is 11.6 Å². The number of fused-ring (bicyclic) bond motifs is 1. The molecule has 0 bridgehead atoms. The average Bonchev–Trinajstić information content (AvgIpc) is 2.96. The van der Waals surface area contributed by atoms with Crippen molar-refractivity contribution in [1.29, 1.82) is 0 Å². The van der Waals surface area contributed by atoms with E-state index < -0.39 is 0 Å². The van der Waals surface area contributed by atoms with E-state index in [4.69, 9.17) is 4.42 Å². The number of alkyl halides is 1. The summed E-state index contributed by atoms with van der Waals surface area (Å²) < 4.78 is 19.4. The molecule has 0 saturated heterocycles. The summed E-state index contributed by atoms with van der Waals surface area (Å²) in [5.41, 5.74) is 2.15. The van der Waals surface area contributed by atoms with Crippen LogP contribution in [-0.4, -0.2) is 0 Å². The van der Waals surface area contributed by atoms with Crippen LogP contribution < -0.4 is 0 Å². The van der Waals surface area contributed by atoms with Gasteiger partial charge in [0.15, 0.2) is 0 Å². The minimum absolute atomic E-state index is 0.00157. The fraction of sp³-hybridized carbons (Fsp3) is 0.176. The smallest absolute Gasteiger partial charge is 0.131 e. The second-order valence-electron chi connectivity index (χ2n) is 4.70. The molecule has 0 amide bonds. The third kappa shape index (κ3) is 2.16. The van der Waals surface area contributed by atoms with E-state index in [-0.39, 0.29) is 10.6 Å². The zero-order valence-corrected chi connectivity index (χ0v) is 12.7. The molecular weight excluding hydrogens is 319 g/mol. The Hall–Kier alpha value is -1.61. The summed E-state index contributed by atoms with van der Waals surface area (Å²) in [5, 5.41) is 1.58. The van der Waals surface area contributed by atoms with Crippen molar-refractivity contribution < 1.29 is 8.81 Å². The van der Waals surface area contributed by atoms with Crippen LogP contribution in [-0.2, 0) is 6.42 Å². The van der Waals surface area contributed by atoms with Gasteiger partial charge in [0.05, 0.1) is 11.1 Å². The maximum atomic E-state index is 13.9. The van der Waals surface area contributed by atoms with Gasteiger partial charge in [-0.15, -0.1) is 0 Å². The van der Waals surface area contributed by atoms with Crippen molar-refractivity contribution >= 4 is 26.7 Å². The third-order valence-electron chi connectivity index (χ3n) is 3.55. The molecule has 1 atom stereocenters. The number of hydrogen-bond acceptors (Lipinski definition) is 1. The van der Waals surface area contributed by atoms with Gasteiger partial charge in [0.25, 0.3) is 0 Å². The Bertz CT molecular complexity index is 748. The highest BCUT2D eigenvalue weighted by atomic mass is 79.9. The molecule has 0 aliphatic rings. The third-order valence-corrected chi connectivity index (χ3v) is 4.54. The second-order valence-corrected chi connectivity index (χ2v) is 5.61. The molecule has 2 aromatic carbocycles. The lowest BCUT2D eigenvalue weighted by Gasteiger charge is -2.13. The van der Waals surface area contributed by atoms with E-state index in [1.165, 1.54) is 6.07 Å². The Balaban J connectivity index is 2.17. The van der Waals surface area contributed by atoms with Gasteiger partial charge >= 0.3 is 0 Å². The summed E-state index contributed by atoms with van der Waals surface area (Å²) >= 11 is 3.73. The molecule has 0 radical (unpaired) electrons. The van der Waals surface area contributed by atoms with Gasteiger partial charge in [0, 0.05) is 17.4 Å². The van der Waals surface area contributed by atoms with Crippen LogP contribution in [0.3, 0.4) is 0 Å². The van der Waals surface area contributed by atoms with E-state index in [0.717, 1.165) is 28.7 Å². The first-order valence-corrected chi connectivity index (χ1v) is 7.51.